The minimum atomic E-state index is -0.705. The molecular weight excluding hydrogens is 234 g/mol. The molecular formula is C14H22F2N2. The molecule has 18 heavy (non-hydrogen) atoms. The highest BCUT2D eigenvalue weighted by Gasteiger charge is 2.12. The maximum atomic E-state index is 13.3. The fourth-order valence-corrected chi connectivity index (χ4v) is 2.01. The molecule has 0 heterocycles. The summed E-state index contributed by atoms with van der Waals surface area (Å²) in [4.78, 5) is 0. The molecule has 0 aromatic heterocycles. The van der Waals surface area contributed by atoms with Crippen molar-refractivity contribution in [2.24, 2.45) is 0 Å². The molecule has 0 radical (unpaired) electrons. The topological polar surface area (TPSA) is 38.0 Å². The van der Waals surface area contributed by atoms with Crippen LogP contribution >= 0.6 is 0 Å². The van der Waals surface area contributed by atoms with Crippen molar-refractivity contribution in [3.63, 3.8) is 0 Å². The number of hydrogen-bond donors (Lipinski definition) is 2. The van der Waals surface area contributed by atoms with E-state index < -0.39 is 11.6 Å². The van der Waals surface area contributed by atoms with E-state index in [0.717, 1.165) is 38.2 Å². The van der Waals surface area contributed by atoms with Crippen molar-refractivity contribution in [1.29, 1.82) is 0 Å². The lowest BCUT2D eigenvalue weighted by Gasteiger charge is -2.20. The Balaban J connectivity index is 2.79. The highest BCUT2D eigenvalue weighted by molar-refractivity contribution is 5.67. The van der Waals surface area contributed by atoms with Gasteiger partial charge in [-0.2, -0.15) is 0 Å². The van der Waals surface area contributed by atoms with Gasteiger partial charge in [-0.25, -0.2) is 8.78 Å². The number of hydrogen-bond acceptors (Lipinski definition) is 2. The normalized spacial score (nSPS) is 12.4. The zero-order valence-corrected chi connectivity index (χ0v) is 11.1. The van der Waals surface area contributed by atoms with Gasteiger partial charge in [-0.15, -0.1) is 0 Å². The van der Waals surface area contributed by atoms with E-state index in [9.17, 15) is 8.78 Å². The van der Waals surface area contributed by atoms with Crippen molar-refractivity contribution in [3.8, 4) is 0 Å². The number of nitrogen functional groups attached to an aromatic ring is 1. The zero-order valence-electron chi connectivity index (χ0n) is 11.1. The standard InChI is InChI=1S/C14H22F2N2/c1-3-5-7-11(6-4-2)18-13-9-10(15)8-12(16)14(13)17/h8-9,11,18H,3-7,17H2,1-2H3. The summed E-state index contributed by atoms with van der Waals surface area (Å²) in [6, 6.07) is 2.28. The number of anilines is 2. The molecule has 0 saturated heterocycles. The summed E-state index contributed by atoms with van der Waals surface area (Å²) in [6.07, 6.45) is 5.18. The van der Waals surface area contributed by atoms with E-state index in [1.807, 2.05) is 0 Å². The van der Waals surface area contributed by atoms with Crippen molar-refractivity contribution in [2.75, 3.05) is 11.1 Å². The van der Waals surface area contributed by atoms with E-state index >= 15 is 0 Å². The lowest BCUT2D eigenvalue weighted by molar-refractivity contribution is 0.560. The van der Waals surface area contributed by atoms with Crippen molar-refractivity contribution < 1.29 is 8.78 Å². The third-order valence-corrected chi connectivity index (χ3v) is 3.00. The molecule has 1 aromatic rings. The maximum Gasteiger partial charge on any atom is 0.151 e. The summed E-state index contributed by atoms with van der Waals surface area (Å²) in [6.45, 7) is 4.22. The molecule has 3 N–H and O–H groups in total. The molecule has 1 aromatic carbocycles. The average molecular weight is 256 g/mol. The zero-order chi connectivity index (χ0) is 13.5. The van der Waals surface area contributed by atoms with Crippen molar-refractivity contribution in [2.45, 2.75) is 52.0 Å². The fourth-order valence-electron chi connectivity index (χ4n) is 2.01. The van der Waals surface area contributed by atoms with E-state index in [1.165, 1.54) is 6.07 Å². The van der Waals surface area contributed by atoms with Crippen LogP contribution in [-0.4, -0.2) is 6.04 Å². The summed E-state index contributed by atoms with van der Waals surface area (Å²) in [5.41, 5.74) is 5.98. The maximum absolute atomic E-state index is 13.3. The van der Waals surface area contributed by atoms with E-state index in [-0.39, 0.29) is 11.7 Å². The van der Waals surface area contributed by atoms with Crippen LogP contribution in [0.1, 0.15) is 46.0 Å². The van der Waals surface area contributed by atoms with Crippen LogP contribution in [0.15, 0.2) is 12.1 Å². The summed E-state index contributed by atoms with van der Waals surface area (Å²) in [7, 11) is 0. The van der Waals surface area contributed by atoms with Crippen molar-refractivity contribution >= 4 is 11.4 Å². The molecule has 0 saturated carbocycles. The van der Waals surface area contributed by atoms with Gasteiger partial charge in [0.1, 0.15) is 5.82 Å². The van der Waals surface area contributed by atoms with E-state index in [1.54, 1.807) is 0 Å². The Morgan fingerprint density at radius 3 is 2.50 bits per heavy atom. The largest absolute Gasteiger partial charge is 0.395 e. The Hall–Kier alpha value is -1.32. The summed E-state index contributed by atoms with van der Waals surface area (Å²) in [5.74, 6) is -1.31. The van der Waals surface area contributed by atoms with Crippen LogP contribution in [0.3, 0.4) is 0 Å². The number of halogens is 2. The summed E-state index contributed by atoms with van der Waals surface area (Å²) in [5, 5.41) is 3.16. The predicted molar refractivity (Wildman–Crippen MR) is 72.6 cm³/mol. The molecule has 102 valence electrons. The van der Waals surface area contributed by atoms with Crippen LogP contribution in [0.4, 0.5) is 20.2 Å². The number of nitrogens with two attached hydrogens (primary N) is 1. The Morgan fingerprint density at radius 2 is 1.89 bits per heavy atom. The minimum Gasteiger partial charge on any atom is -0.395 e. The van der Waals surface area contributed by atoms with Gasteiger partial charge in [-0.3, -0.25) is 0 Å². The van der Waals surface area contributed by atoms with Crippen molar-refractivity contribution in [1.82, 2.24) is 0 Å². The Morgan fingerprint density at radius 1 is 1.17 bits per heavy atom. The SMILES string of the molecule is CCCCC(CCC)Nc1cc(F)cc(F)c1N. The monoisotopic (exact) mass is 256 g/mol. The lowest BCUT2D eigenvalue weighted by atomic mass is 10.0. The molecule has 0 amide bonds. The molecule has 0 spiro atoms. The minimum absolute atomic E-state index is 0.00555. The van der Waals surface area contributed by atoms with Crippen molar-refractivity contribution in [3.05, 3.63) is 23.8 Å². The second-order valence-corrected chi connectivity index (χ2v) is 4.62. The number of benzene rings is 1. The second kappa shape index (κ2) is 7.19. The van der Waals surface area contributed by atoms with Crippen LogP contribution < -0.4 is 11.1 Å². The van der Waals surface area contributed by atoms with Crippen LogP contribution in [0.25, 0.3) is 0 Å². The smallest absolute Gasteiger partial charge is 0.151 e. The Bertz CT molecular complexity index is 380. The Labute approximate surface area is 108 Å². The molecule has 1 atom stereocenters. The average Bonchev–Trinajstić information content (AvgIpc) is 2.32. The molecule has 0 aliphatic carbocycles. The van der Waals surface area contributed by atoms with Gasteiger partial charge in [-0.1, -0.05) is 33.1 Å². The first-order chi connectivity index (χ1) is 8.58. The fraction of sp³-hybridized carbons (Fsp3) is 0.571. The predicted octanol–water partition coefficient (Wildman–Crippen LogP) is 4.32. The number of unbranched alkanes of at least 4 members (excludes halogenated alkanes) is 1. The van der Waals surface area contributed by atoms with Gasteiger partial charge in [0.05, 0.1) is 11.4 Å². The first-order valence-corrected chi connectivity index (χ1v) is 6.59. The molecule has 0 bridgehead atoms. The lowest BCUT2D eigenvalue weighted by Crippen LogP contribution is -2.20. The van der Waals surface area contributed by atoms with Crippen LogP contribution in [-0.2, 0) is 0 Å². The molecule has 0 aliphatic heterocycles. The molecule has 0 aliphatic rings. The molecule has 1 unspecified atom stereocenters. The second-order valence-electron chi connectivity index (χ2n) is 4.62. The Kier molecular flexibility index (Phi) is 5.89. The summed E-state index contributed by atoms with van der Waals surface area (Å²) >= 11 is 0. The molecule has 2 nitrogen and oxygen atoms in total. The van der Waals surface area contributed by atoms with Gasteiger partial charge in [0.25, 0.3) is 0 Å². The van der Waals surface area contributed by atoms with Crippen LogP contribution in [0.2, 0.25) is 0 Å². The van der Waals surface area contributed by atoms with E-state index in [4.69, 9.17) is 5.73 Å². The first-order valence-electron chi connectivity index (χ1n) is 6.59. The number of rotatable bonds is 7. The first kappa shape index (κ1) is 14.7. The van der Waals surface area contributed by atoms with Gasteiger partial charge in [0.2, 0.25) is 0 Å². The molecule has 4 heteroatoms. The molecule has 1 rings (SSSR count). The number of nitrogens with one attached hydrogen (secondary N) is 1. The van der Waals surface area contributed by atoms with Gasteiger partial charge >= 0.3 is 0 Å². The van der Waals surface area contributed by atoms with Crippen LogP contribution in [0, 0.1) is 11.6 Å². The summed E-state index contributed by atoms with van der Waals surface area (Å²) < 4.78 is 26.5. The highest BCUT2D eigenvalue weighted by atomic mass is 19.1. The van der Waals surface area contributed by atoms with Crippen LogP contribution in [0.5, 0.6) is 0 Å². The third kappa shape index (κ3) is 4.17. The molecule has 0 fully saturated rings. The van der Waals surface area contributed by atoms with Gasteiger partial charge in [0.15, 0.2) is 5.82 Å². The third-order valence-electron chi connectivity index (χ3n) is 3.00. The van der Waals surface area contributed by atoms with Gasteiger partial charge < -0.3 is 11.1 Å². The van der Waals surface area contributed by atoms with E-state index in [0.29, 0.717) is 5.69 Å². The quantitative estimate of drug-likeness (QED) is 0.713. The highest BCUT2D eigenvalue weighted by Crippen LogP contribution is 2.25. The van der Waals surface area contributed by atoms with Gasteiger partial charge in [-0.05, 0) is 18.9 Å². The van der Waals surface area contributed by atoms with E-state index in [2.05, 4.69) is 19.2 Å². The van der Waals surface area contributed by atoms with Gasteiger partial charge in [0, 0.05) is 12.1 Å².